The number of ether oxygens (including phenoxy) is 1. The quantitative estimate of drug-likeness (QED) is 0.725. The van der Waals surface area contributed by atoms with Crippen LogP contribution in [0.5, 0.6) is 11.5 Å². The van der Waals surface area contributed by atoms with Gasteiger partial charge >= 0.3 is 6.36 Å². The minimum atomic E-state index is -4.78. The summed E-state index contributed by atoms with van der Waals surface area (Å²) in [5.74, 6) is -0.580. The molecule has 2 aromatic carbocycles. The highest BCUT2D eigenvalue weighted by atomic mass is 19.4. The lowest BCUT2D eigenvalue weighted by Gasteiger charge is -2.09. The van der Waals surface area contributed by atoms with Crippen LogP contribution in [0.4, 0.5) is 18.9 Å². The number of amides is 1. The molecule has 26 heavy (non-hydrogen) atoms. The number of carbonyl (C=O) groups excluding carboxylic acids is 1. The van der Waals surface area contributed by atoms with Crippen molar-refractivity contribution in [3.8, 4) is 22.8 Å². The number of halogens is 3. The summed E-state index contributed by atoms with van der Waals surface area (Å²) < 4.78 is 45.2. The molecule has 0 aliphatic rings. The Labute approximate surface area is 144 Å². The van der Waals surface area contributed by atoms with Crippen LogP contribution >= 0.6 is 0 Å². The lowest BCUT2D eigenvalue weighted by molar-refractivity contribution is -0.274. The predicted molar refractivity (Wildman–Crippen MR) is 84.7 cm³/mol. The van der Waals surface area contributed by atoms with Gasteiger partial charge in [-0.15, -0.1) is 13.2 Å². The molecule has 1 heterocycles. The average Bonchev–Trinajstić information content (AvgIpc) is 3.06. The van der Waals surface area contributed by atoms with Crippen LogP contribution in [0.15, 0.2) is 59.1 Å². The molecule has 9 heteroatoms. The van der Waals surface area contributed by atoms with Crippen LogP contribution in [0.3, 0.4) is 0 Å². The van der Waals surface area contributed by atoms with Crippen molar-refractivity contribution in [3.05, 3.63) is 60.3 Å². The molecule has 0 saturated heterocycles. The SMILES string of the molecule is O=C(Nc1ccc(OC(F)(F)F)cc1)c1cc(-c2ccc(O)cc2)on1. The molecular formula is C17H11F3N2O4. The van der Waals surface area contributed by atoms with Gasteiger partial charge in [-0.05, 0) is 48.5 Å². The second kappa shape index (κ2) is 6.79. The van der Waals surface area contributed by atoms with E-state index in [0.29, 0.717) is 11.3 Å². The fraction of sp³-hybridized carbons (Fsp3) is 0.0588. The first-order valence-corrected chi connectivity index (χ1v) is 7.23. The Bertz CT molecular complexity index is 903. The third kappa shape index (κ3) is 4.32. The summed E-state index contributed by atoms with van der Waals surface area (Å²) in [4.78, 5) is 12.1. The summed E-state index contributed by atoms with van der Waals surface area (Å²) in [6.07, 6.45) is -4.78. The third-order valence-electron chi connectivity index (χ3n) is 3.24. The Morgan fingerprint density at radius 3 is 2.35 bits per heavy atom. The number of benzene rings is 2. The summed E-state index contributed by atoms with van der Waals surface area (Å²) >= 11 is 0. The van der Waals surface area contributed by atoms with Gasteiger partial charge in [0.2, 0.25) is 0 Å². The van der Waals surface area contributed by atoms with Crippen molar-refractivity contribution in [1.29, 1.82) is 0 Å². The number of aromatic hydroxyl groups is 1. The second-order valence-electron chi connectivity index (χ2n) is 5.15. The van der Waals surface area contributed by atoms with Gasteiger partial charge in [0.15, 0.2) is 11.5 Å². The number of hydrogen-bond donors (Lipinski definition) is 2. The predicted octanol–water partition coefficient (Wildman–Crippen LogP) is 4.20. The van der Waals surface area contributed by atoms with Gasteiger partial charge in [0.1, 0.15) is 11.5 Å². The van der Waals surface area contributed by atoms with Gasteiger partial charge in [-0.1, -0.05) is 5.16 Å². The Kier molecular flexibility index (Phi) is 4.53. The van der Waals surface area contributed by atoms with E-state index in [1.54, 1.807) is 12.1 Å². The topological polar surface area (TPSA) is 84.6 Å². The van der Waals surface area contributed by atoms with Crippen molar-refractivity contribution in [2.24, 2.45) is 0 Å². The maximum atomic E-state index is 12.1. The van der Waals surface area contributed by atoms with Crippen molar-refractivity contribution in [3.63, 3.8) is 0 Å². The number of phenolic OH excluding ortho intramolecular Hbond substituents is 1. The van der Waals surface area contributed by atoms with E-state index in [0.717, 1.165) is 12.1 Å². The number of aromatic nitrogens is 1. The van der Waals surface area contributed by atoms with Crippen molar-refractivity contribution in [1.82, 2.24) is 5.16 Å². The largest absolute Gasteiger partial charge is 0.573 e. The van der Waals surface area contributed by atoms with Crippen molar-refractivity contribution in [2.45, 2.75) is 6.36 Å². The van der Waals surface area contributed by atoms with Gasteiger partial charge in [0.05, 0.1) is 0 Å². The maximum absolute atomic E-state index is 12.1. The Balaban J connectivity index is 1.68. The first-order chi connectivity index (χ1) is 12.3. The average molecular weight is 364 g/mol. The summed E-state index contributed by atoms with van der Waals surface area (Å²) in [7, 11) is 0. The molecule has 0 atom stereocenters. The molecule has 0 radical (unpaired) electrons. The summed E-state index contributed by atoms with van der Waals surface area (Å²) in [6, 6.07) is 12.2. The molecule has 0 saturated carbocycles. The van der Waals surface area contributed by atoms with Crippen LogP contribution in [-0.4, -0.2) is 22.5 Å². The van der Waals surface area contributed by atoms with E-state index in [2.05, 4.69) is 15.2 Å². The smallest absolute Gasteiger partial charge is 0.508 e. The molecule has 3 aromatic rings. The Hall–Kier alpha value is -3.49. The van der Waals surface area contributed by atoms with E-state index in [1.807, 2.05) is 0 Å². The lowest BCUT2D eigenvalue weighted by Crippen LogP contribution is -2.17. The van der Waals surface area contributed by atoms with Crippen molar-refractivity contribution >= 4 is 11.6 Å². The molecule has 0 spiro atoms. The molecule has 6 nitrogen and oxygen atoms in total. The van der Waals surface area contributed by atoms with E-state index < -0.39 is 18.0 Å². The molecule has 2 N–H and O–H groups in total. The number of carbonyl (C=O) groups is 1. The van der Waals surface area contributed by atoms with Crippen LogP contribution in [-0.2, 0) is 0 Å². The molecule has 0 aliphatic carbocycles. The van der Waals surface area contributed by atoms with Crippen LogP contribution in [0.2, 0.25) is 0 Å². The fourth-order valence-electron chi connectivity index (χ4n) is 2.08. The zero-order valence-corrected chi connectivity index (χ0v) is 12.9. The van der Waals surface area contributed by atoms with E-state index in [4.69, 9.17) is 4.52 Å². The monoisotopic (exact) mass is 364 g/mol. The van der Waals surface area contributed by atoms with Crippen molar-refractivity contribution in [2.75, 3.05) is 5.32 Å². The normalized spacial score (nSPS) is 11.2. The zero-order chi connectivity index (χ0) is 18.7. The third-order valence-corrected chi connectivity index (χ3v) is 3.24. The number of anilines is 1. The molecule has 0 bridgehead atoms. The van der Waals surface area contributed by atoms with Gasteiger partial charge in [-0.25, -0.2) is 0 Å². The first kappa shape index (κ1) is 17.3. The van der Waals surface area contributed by atoms with Crippen LogP contribution in [0.25, 0.3) is 11.3 Å². The maximum Gasteiger partial charge on any atom is 0.573 e. The van der Waals surface area contributed by atoms with E-state index in [-0.39, 0.29) is 17.1 Å². The number of rotatable bonds is 4. The summed E-state index contributed by atoms with van der Waals surface area (Å²) in [6.45, 7) is 0. The fourth-order valence-corrected chi connectivity index (χ4v) is 2.08. The Morgan fingerprint density at radius 1 is 1.08 bits per heavy atom. The van der Waals surface area contributed by atoms with Gasteiger partial charge in [0, 0.05) is 17.3 Å². The van der Waals surface area contributed by atoms with Crippen LogP contribution < -0.4 is 10.1 Å². The first-order valence-electron chi connectivity index (χ1n) is 7.23. The molecule has 1 aromatic heterocycles. The van der Waals surface area contributed by atoms with Gasteiger partial charge < -0.3 is 19.7 Å². The molecule has 134 valence electrons. The zero-order valence-electron chi connectivity index (χ0n) is 12.9. The lowest BCUT2D eigenvalue weighted by atomic mass is 10.1. The van der Waals surface area contributed by atoms with E-state index in [9.17, 15) is 23.1 Å². The number of phenols is 1. The highest BCUT2D eigenvalue weighted by Crippen LogP contribution is 2.25. The number of nitrogens with one attached hydrogen (secondary N) is 1. The summed E-state index contributed by atoms with van der Waals surface area (Å²) in [5.41, 5.74) is 0.866. The molecule has 0 aliphatic heterocycles. The number of nitrogens with zero attached hydrogens (tertiary/aromatic N) is 1. The molecule has 1 amide bonds. The van der Waals surface area contributed by atoms with Gasteiger partial charge in [-0.3, -0.25) is 4.79 Å². The van der Waals surface area contributed by atoms with Crippen LogP contribution in [0, 0.1) is 0 Å². The van der Waals surface area contributed by atoms with Gasteiger partial charge in [0.25, 0.3) is 5.91 Å². The van der Waals surface area contributed by atoms with E-state index in [1.165, 1.54) is 30.3 Å². The minimum absolute atomic E-state index is 0.0105. The van der Waals surface area contributed by atoms with Crippen LogP contribution in [0.1, 0.15) is 10.5 Å². The van der Waals surface area contributed by atoms with E-state index >= 15 is 0 Å². The molecular weight excluding hydrogens is 353 g/mol. The highest BCUT2D eigenvalue weighted by Gasteiger charge is 2.31. The van der Waals surface area contributed by atoms with Gasteiger partial charge in [-0.2, -0.15) is 0 Å². The Morgan fingerprint density at radius 2 is 1.73 bits per heavy atom. The molecule has 0 unspecified atom stereocenters. The standard InChI is InChI=1S/C17H11F3N2O4/c18-17(19,20)25-13-7-3-11(4-8-13)21-16(24)14-9-15(26-22-14)10-1-5-12(23)6-2-10/h1-9,23H,(H,21,24). The molecule has 3 rings (SSSR count). The second-order valence-corrected chi connectivity index (χ2v) is 5.15. The number of hydrogen-bond acceptors (Lipinski definition) is 5. The van der Waals surface area contributed by atoms with Crippen molar-refractivity contribution < 1.29 is 32.3 Å². The highest BCUT2D eigenvalue weighted by molar-refractivity contribution is 6.03. The molecule has 0 fully saturated rings. The summed E-state index contributed by atoms with van der Waals surface area (Å²) in [5, 5.41) is 15.4. The number of alkyl halides is 3. The minimum Gasteiger partial charge on any atom is -0.508 e.